The van der Waals surface area contributed by atoms with E-state index in [1.165, 1.54) is 12.1 Å². The second kappa shape index (κ2) is 5.76. The molecule has 0 radical (unpaired) electrons. The fourth-order valence-corrected chi connectivity index (χ4v) is 2.80. The molecule has 0 aliphatic carbocycles. The fraction of sp³-hybridized carbons (Fsp3) is 0.200. The molecule has 120 valence electrons. The summed E-state index contributed by atoms with van der Waals surface area (Å²) < 4.78 is 63.3. The molecule has 7 nitrogen and oxygen atoms in total. The summed E-state index contributed by atoms with van der Waals surface area (Å²) in [6.45, 7) is -1.42. The van der Waals surface area contributed by atoms with E-state index in [2.05, 4.69) is 26.0 Å². The van der Waals surface area contributed by atoms with Crippen LogP contribution in [0.3, 0.4) is 0 Å². The van der Waals surface area contributed by atoms with E-state index in [0.29, 0.717) is 9.28 Å². The zero-order chi connectivity index (χ0) is 16.5. The minimum atomic E-state index is -4.52. The van der Waals surface area contributed by atoms with Crippen molar-refractivity contribution in [3.63, 3.8) is 0 Å². The summed E-state index contributed by atoms with van der Waals surface area (Å²) in [7, 11) is -4.27. The van der Waals surface area contributed by atoms with Gasteiger partial charge in [-0.2, -0.15) is 26.7 Å². The number of alkyl halides is 3. The van der Waals surface area contributed by atoms with E-state index in [9.17, 15) is 26.4 Å². The molecule has 2 heterocycles. The molecule has 0 amide bonds. The highest BCUT2D eigenvalue weighted by molar-refractivity contribution is 9.10. The molecule has 0 saturated heterocycles. The van der Waals surface area contributed by atoms with Crippen LogP contribution in [0, 0.1) is 0 Å². The number of hydrogen-bond donors (Lipinski definition) is 2. The Hall–Kier alpha value is -1.82. The highest BCUT2D eigenvalue weighted by atomic mass is 79.9. The Morgan fingerprint density at radius 1 is 1.32 bits per heavy atom. The molecule has 2 N–H and O–H groups in total. The molecule has 0 spiro atoms. The average Bonchev–Trinajstić information content (AvgIpc) is 2.79. The van der Waals surface area contributed by atoms with Crippen LogP contribution in [0.5, 0.6) is 0 Å². The third kappa shape index (κ3) is 4.10. The van der Waals surface area contributed by atoms with Crippen LogP contribution in [-0.2, 0) is 16.6 Å². The molecule has 0 aromatic carbocycles. The summed E-state index contributed by atoms with van der Waals surface area (Å²) in [6, 6.07) is 3.50. The van der Waals surface area contributed by atoms with E-state index in [4.69, 9.17) is 0 Å². The number of H-pyrrole nitrogens is 1. The highest BCUT2D eigenvalue weighted by Crippen LogP contribution is 2.18. The van der Waals surface area contributed by atoms with Gasteiger partial charge in [-0.15, -0.1) is 0 Å². The Balaban J connectivity index is 2.26. The summed E-state index contributed by atoms with van der Waals surface area (Å²) in [5, 5.41) is 2.71. The second-order valence-corrected chi connectivity index (χ2v) is 6.60. The largest absolute Gasteiger partial charge is 0.408 e. The minimum Gasteiger partial charge on any atom is -0.315 e. The number of hydrogen-bond acceptors (Lipinski definition) is 4. The first-order valence-corrected chi connectivity index (χ1v) is 7.86. The van der Waals surface area contributed by atoms with Crippen molar-refractivity contribution in [1.82, 2.24) is 14.8 Å². The molecule has 0 bridgehead atoms. The predicted molar refractivity (Wildman–Crippen MR) is 73.9 cm³/mol. The maximum atomic E-state index is 12.2. The first-order valence-electron chi connectivity index (χ1n) is 5.59. The molecule has 0 aliphatic heterocycles. The van der Waals surface area contributed by atoms with Crippen molar-refractivity contribution in [2.24, 2.45) is 0 Å². The van der Waals surface area contributed by atoms with Crippen LogP contribution < -0.4 is 10.3 Å². The van der Waals surface area contributed by atoms with E-state index in [1.54, 1.807) is 0 Å². The number of rotatable bonds is 4. The lowest BCUT2D eigenvalue weighted by Crippen LogP contribution is -2.22. The Bertz CT molecular complexity index is 844. The van der Waals surface area contributed by atoms with Gasteiger partial charge in [0, 0.05) is 6.20 Å². The Labute approximate surface area is 130 Å². The molecular formula is C10H8BrF3N4O3S. The van der Waals surface area contributed by atoms with E-state index >= 15 is 0 Å². The average molecular weight is 401 g/mol. The summed E-state index contributed by atoms with van der Waals surface area (Å²) >= 11 is 3.00. The molecule has 22 heavy (non-hydrogen) atoms. The van der Waals surface area contributed by atoms with E-state index in [0.717, 1.165) is 12.3 Å². The van der Waals surface area contributed by atoms with E-state index in [1.807, 2.05) is 4.72 Å². The van der Waals surface area contributed by atoms with Gasteiger partial charge < -0.3 is 4.98 Å². The van der Waals surface area contributed by atoms with Gasteiger partial charge in [0.05, 0.1) is 4.60 Å². The molecule has 0 fully saturated rings. The van der Waals surface area contributed by atoms with Crippen LogP contribution in [0.25, 0.3) is 0 Å². The maximum Gasteiger partial charge on any atom is 0.408 e. The molecule has 12 heteroatoms. The minimum absolute atomic E-state index is 0.284. The van der Waals surface area contributed by atoms with Crippen molar-refractivity contribution in [3.8, 4) is 0 Å². The van der Waals surface area contributed by atoms with Crippen molar-refractivity contribution in [1.29, 1.82) is 0 Å². The van der Waals surface area contributed by atoms with Crippen molar-refractivity contribution in [3.05, 3.63) is 39.4 Å². The molecule has 0 unspecified atom stereocenters. The lowest BCUT2D eigenvalue weighted by Gasteiger charge is -2.06. The van der Waals surface area contributed by atoms with E-state index in [-0.39, 0.29) is 5.69 Å². The molecule has 2 rings (SSSR count). The van der Waals surface area contributed by atoms with Crippen molar-refractivity contribution >= 4 is 31.6 Å². The number of anilines is 1. The zero-order valence-corrected chi connectivity index (χ0v) is 13.0. The number of aromatic amines is 1. The van der Waals surface area contributed by atoms with Crippen LogP contribution in [0.2, 0.25) is 0 Å². The zero-order valence-electron chi connectivity index (χ0n) is 10.6. The maximum absolute atomic E-state index is 12.2. The van der Waals surface area contributed by atoms with Gasteiger partial charge in [0.25, 0.3) is 15.6 Å². The molecule has 0 atom stereocenters. The molecule has 0 saturated carbocycles. The Morgan fingerprint density at radius 2 is 2.00 bits per heavy atom. The number of halogens is 4. The Morgan fingerprint density at radius 3 is 2.59 bits per heavy atom. The second-order valence-electron chi connectivity index (χ2n) is 4.12. The first-order chi connectivity index (χ1) is 10.1. The highest BCUT2D eigenvalue weighted by Gasteiger charge is 2.29. The molecule has 0 aliphatic rings. The van der Waals surface area contributed by atoms with Gasteiger partial charge in [-0.05, 0) is 34.1 Å². The number of sulfonamides is 1. The monoisotopic (exact) mass is 400 g/mol. The quantitative estimate of drug-likeness (QED) is 0.763. The summed E-state index contributed by atoms with van der Waals surface area (Å²) in [6.07, 6.45) is -3.64. The van der Waals surface area contributed by atoms with Gasteiger partial charge in [-0.25, -0.2) is 0 Å². The van der Waals surface area contributed by atoms with Gasteiger partial charge in [-0.1, -0.05) is 0 Å². The van der Waals surface area contributed by atoms with Crippen molar-refractivity contribution < 1.29 is 21.6 Å². The first kappa shape index (κ1) is 16.5. The smallest absolute Gasteiger partial charge is 0.315 e. The molecular weight excluding hydrogens is 393 g/mol. The standard InChI is InChI=1S/C10H8BrF3N4O3S/c11-7-2-1-6(9(19)15-7)17-22(20,21)8-3-4-18(16-8)5-10(12,13)14/h1-4,17H,5H2,(H,15,19). The fourth-order valence-electron chi connectivity index (χ4n) is 1.49. The normalized spacial score (nSPS) is 12.4. The number of aromatic nitrogens is 3. The van der Waals surface area contributed by atoms with Crippen molar-refractivity contribution in [2.75, 3.05) is 4.72 Å². The third-order valence-electron chi connectivity index (χ3n) is 2.35. The summed E-state index contributed by atoms with van der Waals surface area (Å²) in [4.78, 5) is 13.9. The number of nitrogens with one attached hydrogen (secondary N) is 2. The molecule has 2 aromatic heterocycles. The van der Waals surface area contributed by atoms with Crippen LogP contribution in [-0.4, -0.2) is 29.4 Å². The van der Waals surface area contributed by atoms with Crippen LogP contribution in [0.15, 0.2) is 38.8 Å². The summed E-state index contributed by atoms with van der Waals surface area (Å²) in [5.74, 6) is 0. The van der Waals surface area contributed by atoms with Crippen molar-refractivity contribution in [2.45, 2.75) is 17.7 Å². The van der Waals surface area contributed by atoms with Crippen LogP contribution >= 0.6 is 15.9 Å². The lowest BCUT2D eigenvalue weighted by atomic mass is 10.4. The van der Waals surface area contributed by atoms with Gasteiger partial charge in [0.15, 0.2) is 5.03 Å². The third-order valence-corrected chi connectivity index (χ3v) is 4.07. The lowest BCUT2D eigenvalue weighted by molar-refractivity contribution is -0.142. The number of nitrogens with zero attached hydrogens (tertiary/aromatic N) is 2. The Kier molecular flexibility index (Phi) is 4.33. The van der Waals surface area contributed by atoms with Gasteiger partial charge >= 0.3 is 6.18 Å². The SMILES string of the molecule is O=c1[nH]c(Br)ccc1NS(=O)(=O)c1ccn(CC(F)(F)F)n1. The molecule has 2 aromatic rings. The van der Waals surface area contributed by atoms with Gasteiger partial charge in [0.1, 0.15) is 12.2 Å². The summed E-state index contributed by atoms with van der Waals surface area (Å²) in [5.41, 5.74) is -0.999. The van der Waals surface area contributed by atoms with Crippen LogP contribution in [0.4, 0.5) is 18.9 Å². The number of pyridine rings is 1. The van der Waals surface area contributed by atoms with E-state index < -0.39 is 33.3 Å². The van der Waals surface area contributed by atoms with Gasteiger partial charge in [-0.3, -0.25) is 14.2 Å². The van der Waals surface area contributed by atoms with Crippen LogP contribution in [0.1, 0.15) is 0 Å². The van der Waals surface area contributed by atoms with Gasteiger partial charge in [0.2, 0.25) is 0 Å². The topological polar surface area (TPSA) is 96.9 Å². The predicted octanol–water partition coefficient (Wildman–Crippen LogP) is 1.70.